The first-order chi connectivity index (χ1) is 13.1. The van der Waals surface area contributed by atoms with Crippen LogP contribution in [0, 0.1) is 11.6 Å². The monoisotopic (exact) mass is 376 g/mol. The van der Waals surface area contributed by atoms with Gasteiger partial charge in [-0.1, -0.05) is 12.1 Å². The van der Waals surface area contributed by atoms with Crippen molar-refractivity contribution in [2.75, 3.05) is 46.5 Å². The van der Waals surface area contributed by atoms with E-state index in [0.717, 1.165) is 31.8 Å². The van der Waals surface area contributed by atoms with Crippen LogP contribution in [0.5, 0.6) is 5.75 Å². The van der Waals surface area contributed by atoms with Gasteiger partial charge in [-0.2, -0.15) is 0 Å². The summed E-state index contributed by atoms with van der Waals surface area (Å²) in [6.45, 7) is 4.38. The maximum Gasteiger partial charge on any atom is 0.251 e. The Morgan fingerprint density at radius 1 is 1.19 bits per heavy atom. The first kappa shape index (κ1) is 19.3. The van der Waals surface area contributed by atoms with Crippen molar-refractivity contribution in [3.05, 3.63) is 53.6 Å². The molecule has 0 saturated carbocycles. The molecule has 1 aliphatic rings. The Balaban J connectivity index is 1.68. The van der Waals surface area contributed by atoms with Crippen LogP contribution >= 0.6 is 0 Å². The van der Waals surface area contributed by atoms with Crippen LogP contribution in [-0.2, 0) is 4.74 Å². The zero-order chi connectivity index (χ0) is 19.2. The molecule has 0 spiro atoms. The van der Waals surface area contributed by atoms with Crippen LogP contribution in [0.25, 0.3) is 11.1 Å². The summed E-state index contributed by atoms with van der Waals surface area (Å²) in [7, 11) is 1.28. The van der Waals surface area contributed by atoms with Crippen LogP contribution in [0.3, 0.4) is 0 Å². The highest BCUT2D eigenvalue weighted by Gasteiger charge is 2.14. The van der Waals surface area contributed by atoms with Gasteiger partial charge in [0.25, 0.3) is 5.91 Å². The Bertz CT molecular complexity index is 808. The molecule has 0 bridgehead atoms. The van der Waals surface area contributed by atoms with Crippen molar-refractivity contribution >= 4 is 5.91 Å². The molecule has 5 nitrogen and oxygen atoms in total. The first-order valence-electron chi connectivity index (χ1n) is 8.80. The number of carbonyl (C=O) groups excluding carboxylic acids is 1. The number of benzene rings is 2. The Morgan fingerprint density at radius 3 is 2.70 bits per heavy atom. The van der Waals surface area contributed by atoms with E-state index in [4.69, 9.17) is 9.47 Å². The fourth-order valence-electron chi connectivity index (χ4n) is 2.99. The molecule has 0 aliphatic carbocycles. The lowest BCUT2D eigenvalue weighted by atomic mass is 10.0. The van der Waals surface area contributed by atoms with E-state index in [2.05, 4.69) is 10.2 Å². The van der Waals surface area contributed by atoms with Crippen molar-refractivity contribution in [3.63, 3.8) is 0 Å². The molecule has 3 rings (SSSR count). The SMILES string of the molecule is COc1cc(F)c(-c2cccc(C(=O)NCCN3CCOCC3)c2)cc1F. The number of methoxy groups -OCH3 is 1. The number of nitrogens with one attached hydrogen (secondary N) is 1. The Morgan fingerprint density at radius 2 is 1.96 bits per heavy atom. The van der Waals surface area contributed by atoms with Crippen LogP contribution < -0.4 is 10.1 Å². The summed E-state index contributed by atoms with van der Waals surface area (Å²) in [4.78, 5) is 14.6. The van der Waals surface area contributed by atoms with Crippen LogP contribution in [-0.4, -0.2) is 57.3 Å². The largest absolute Gasteiger partial charge is 0.494 e. The van der Waals surface area contributed by atoms with Crippen molar-refractivity contribution in [1.29, 1.82) is 0 Å². The molecule has 0 radical (unpaired) electrons. The van der Waals surface area contributed by atoms with Gasteiger partial charge in [0.15, 0.2) is 11.6 Å². The molecule has 2 aromatic carbocycles. The molecule has 1 fully saturated rings. The van der Waals surface area contributed by atoms with Gasteiger partial charge in [-0.05, 0) is 23.8 Å². The minimum absolute atomic E-state index is 0.0799. The number of ether oxygens (including phenoxy) is 2. The minimum atomic E-state index is -0.658. The van der Waals surface area contributed by atoms with Crippen molar-refractivity contribution in [2.45, 2.75) is 0 Å². The number of morpholine rings is 1. The summed E-state index contributed by atoms with van der Waals surface area (Å²) in [6, 6.07) is 8.55. The number of rotatable bonds is 6. The van der Waals surface area contributed by atoms with Gasteiger partial charge in [0, 0.05) is 43.4 Å². The third kappa shape index (κ3) is 4.81. The maximum absolute atomic E-state index is 14.3. The third-order valence-electron chi connectivity index (χ3n) is 4.49. The predicted octanol–water partition coefficient (Wildman–Crippen LogP) is 2.70. The Labute approximate surface area is 156 Å². The normalized spacial score (nSPS) is 14.8. The van der Waals surface area contributed by atoms with Gasteiger partial charge >= 0.3 is 0 Å². The van der Waals surface area contributed by atoms with Crippen LogP contribution in [0.15, 0.2) is 36.4 Å². The highest BCUT2D eigenvalue weighted by molar-refractivity contribution is 5.95. The van der Waals surface area contributed by atoms with Crippen molar-refractivity contribution in [2.24, 2.45) is 0 Å². The zero-order valence-electron chi connectivity index (χ0n) is 15.1. The van der Waals surface area contributed by atoms with E-state index in [0.29, 0.717) is 30.9 Å². The van der Waals surface area contributed by atoms with E-state index in [1.807, 2.05) is 0 Å². The number of halogens is 2. The maximum atomic E-state index is 14.3. The standard InChI is InChI=1S/C20H22F2N2O3/c1-26-19-13-17(21)16(12-18(19)22)14-3-2-4-15(11-14)20(25)23-5-6-24-7-9-27-10-8-24/h2-4,11-13H,5-10H2,1H3,(H,23,25). The summed E-state index contributed by atoms with van der Waals surface area (Å²) in [5.41, 5.74) is 0.899. The predicted molar refractivity (Wildman–Crippen MR) is 97.9 cm³/mol. The summed E-state index contributed by atoms with van der Waals surface area (Å²) >= 11 is 0. The van der Waals surface area contributed by atoms with Gasteiger partial charge < -0.3 is 14.8 Å². The van der Waals surface area contributed by atoms with Crippen LogP contribution in [0.4, 0.5) is 8.78 Å². The minimum Gasteiger partial charge on any atom is -0.494 e. The number of carbonyl (C=O) groups is 1. The van der Waals surface area contributed by atoms with E-state index in [1.165, 1.54) is 7.11 Å². The molecule has 1 saturated heterocycles. The van der Waals surface area contributed by atoms with E-state index in [1.54, 1.807) is 24.3 Å². The lowest BCUT2D eigenvalue weighted by Gasteiger charge is -2.26. The topological polar surface area (TPSA) is 50.8 Å². The van der Waals surface area contributed by atoms with E-state index in [9.17, 15) is 13.6 Å². The second-order valence-electron chi connectivity index (χ2n) is 6.26. The van der Waals surface area contributed by atoms with Gasteiger partial charge in [-0.3, -0.25) is 9.69 Å². The molecule has 2 aromatic rings. The summed E-state index contributed by atoms with van der Waals surface area (Å²) in [5, 5.41) is 2.86. The van der Waals surface area contributed by atoms with E-state index < -0.39 is 11.6 Å². The first-order valence-corrected chi connectivity index (χ1v) is 8.80. The average Bonchev–Trinajstić information content (AvgIpc) is 2.70. The molecule has 1 heterocycles. The van der Waals surface area contributed by atoms with Gasteiger partial charge in [0.1, 0.15) is 5.82 Å². The molecule has 7 heteroatoms. The van der Waals surface area contributed by atoms with Gasteiger partial charge in [0.2, 0.25) is 0 Å². The summed E-state index contributed by atoms with van der Waals surface area (Å²) in [5.74, 6) is -1.68. The highest BCUT2D eigenvalue weighted by Crippen LogP contribution is 2.29. The second kappa shape index (κ2) is 8.92. The van der Waals surface area contributed by atoms with Crippen molar-refractivity contribution in [3.8, 4) is 16.9 Å². The average molecular weight is 376 g/mol. The smallest absolute Gasteiger partial charge is 0.251 e. The summed E-state index contributed by atoms with van der Waals surface area (Å²) in [6.07, 6.45) is 0. The highest BCUT2D eigenvalue weighted by atomic mass is 19.1. The quantitative estimate of drug-likeness (QED) is 0.842. The molecule has 144 valence electrons. The molecule has 27 heavy (non-hydrogen) atoms. The number of amides is 1. The fourth-order valence-corrected chi connectivity index (χ4v) is 2.99. The lowest BCUT2D eigenvalue weighted by Crippen LogP contribution is -2.41. The fraction of sp³-hybridized carbons (Fsp3) is 0.350. The molecule has 1 aliphatic heterocycles. The molecule has 0 atom stereocenters. The zero-order valence-corrected chi connectivity index (χ0v) is 15.1. The molecule has 1 amide bonds. The van der Waals surface area contributed by atoms with E-state index in [-0.39, 0.29) is 17.2 Å². The Hall–Kier alpha value is -2.51. The van der Waals surface area contributed by atoms with Gasteiger partial charge in [-0.25, -0.2) is 8.78 Å². The van der Waals surface area contributed by atoms with Crippen LogP contribution in [0.2, 0.25) is 0 Å². The molecule has 0 aromatic heterocycles. The lowest BCUT2D eigenvalue weighted by molar-refractivity contribution is 0.0383. The summed E-state index contributed by atoms with van der Waals surface area (Å²) < 4.78 is 38.3. The Kier molecular flexibility index (Phi) is 6.36. The number of hydrogen-bond donors (Lipinski definition) is 1. The van der Waals surface area contributed by atoms with Crippen molar-refractivity contribution < 1.29 is 23.0 Å². The van der Waals surface area contributed by atoms with Gasteiger partial charge in [-0.15, -0.1) is 0 Å². The number of nitrogens with zero attached hydrogens (tertiary/aromatic N) is 1. The molecular weight excluding hydrogens is 354 g/mol. The van der Waals surface area contributed by atoms with Crippen LogP contribution in [0.1, 0.15) is 10.4 Å². The third-order valence-corrected chi connectivity index (χ3v) is 4.49. The molecule has 1 N–H and O–H groups in total. The van der Waals surface area contributed by atoms with Gasteiger partial charge in [0.05, 0.1) is 20.3 Å². The molecule has 0 unspecified atom stereocenters. The number of hydrogen-bond acceptors (Lipinski definition) is 4. The van der Waals surface area contributed by atoms with E-state index >= 15 is 0 Å². The molecular formula is C20H22F2N2O3. The van der Waals surface area contributed by atoms with Crippen molar-refractivity contribution in [1.82, 2.24) is 10.2 Å². The second-order valence-corrected chi connectivity index (χ2v) is 6.26.